The summed E-state index contributed by atoms with van der Waals surface area (Å²) in [6.07, 6.45) is 0.869. The van der Waals surface area contributed by atoms with Gasteiger partial charge in [0.1, 0.15) is 18.5 Å². The smallest absolute Gasteiger partial charge is 0.164 e. The summed E-state index contributed by atoms with van der Waals surface area (Å²) in [5.74, 6) is 1.52. The molecule has 1 atom stereocenters. The van der Waals surface area contributed by atoms with Gasteiger partial charge in [0.15, 0.2) is 17.8 Å². The van der Waals surface area contributed by atoms with Gasteiger partial charge in [-0.25, -0.2) is 0 Å². The quantitative estimate of drug-likeness (QED) is 0.552. The zero-order valence-corrected chi connectivity index (χ0v) is 9.76. The molecular weight excluding hydrogens is 224 g/mol. The molecule has 17 heavy (non-hydrogen) atoms. The van der Waals surface area contributed by atoms with Gasteiger partial charge in [-0.05, 0) is 6.07 Å². The molecule has 1 aliphatic heterocycles. The molecule has 1 saturated heterocycles. The van der Waals surface area contributed by atoms with Crippen LogP contribution in [0, 0.1) is 0 Å². The van der Waals surface area contributed by atoms with Crippen LogP contribution in [0.4, 0.5) is 0 Å². The molecule has 2 rings (SSSR count). The molecule has 0 radical (unpaired) electrons. The Balaban J connectivity index is 2.23. The topological polar surface area (TPSA) is 57.3 Å². The maximum absolute atomic E-state index is 10.9. The van der Waals surface area contributed by atoms with Gasteiger partial charge in [0.25, 0.3) is 0 Å². The first-order valence-electron chi connectivity index (χ1n) is 5.24. The number of ether oxygens (including phenoxy) is 4. The van der Waals surface area contributed by atoms with Crippen molar-refractivity contribution < 1.29 is 23.7 Å². The van der Waals surface area contributed by atoms with Gasteiger partial charge >= 0.3 is 0 Å². The Hall–Kier alpha value is -1.75. The molecule has 92 valence electrons. The first-order valence-corrected chi connectivity index (χ1v) is 5.24. The SMILES string of the molecule is COc1cc(C=O)c(OCC2CO2)cc1OC. The fourth-order valence-corrected chi connectivity index (χ4v) is 1.44. The molecular formula is C12H14O5. The summed E-state index contributed by atoms with van der Waals surface area (Å²) in [6, 6.07) is 3.24. The van der Waals surface area contributed by atoms with Gasteiger partial charge in [-0.15, -0.1) is 0 Å². The fraction of sp³-hybridized carbons (Fsp3) is 0.417. The second-order valence-electron chi connectivity index (χ2n) is 3.63. The van der Waals surface area contributed by atoms with Crippen molar-refractivity contribution in [1.82, 2.24) is 0 Å². The predicted octanol–water partition coefficient (Wildman–Crippen LogP) is 1.29. The van der Waals surface area contributed by atoms with Crippen LogP contribution in [-0.2, 0) is 4.74 Å². The molecule has 0 bridgehead atoms. The van der Waals surface area contributed by atoms with E-state index in [4.69, 9.17) is 18.9 Å². The first-order chi connectivity index (χ1) is 8.28. The highest BCUT2D eigenvalue weighted by molar-refractivity contribution is 5.81. The van der Waals surface area contributed by atoms with E-state index in [9.17, 15) is 4.79 Å². The molecule has 1 aliphatic rings. The lowest BCUT2D eigenvalue weighted by Gasteiger charge is -2.12. The number of epoxide rings is 1. The van der Waals surface area contributed by atoms with Gasteiger partial charge in [0, 0.05) is 6.07 Å². The maximum atomic E-state index is 10.9. The molecule has 1 aromatic carbocycles. The van der Waals surface area contributed by atoms with E-state index < -0.39 is 0 Å². The zero-order valence-electron chi connectivity index (χ0n) is 9.76. The van der Waals surface area contributed by atoms with Gasteiger partial charge in [0.2, 0.25) is 0 Å². The molecule has 0 aliphatic carbocycles. The summed E-state index contributed by atoms with van der Waals surface area (Å²) in [5.41, 5.74) is 0.434. The predicted molar refractivity (Wildman–Crippen MR) is 60.2 cm³/mol. The number of methoxy groups -OCH3 is 2. The van der Waals surface area contributed by atoms with E-state index in [1.54, 1.807) is 12.1 Å². The van der Waals surface area contributed by atoms with Crippen molar-refractivity contribution in [2.24, 2.45) is 0 Å². The van der Waals surface area contributed by atoms with Gasteiger partial charge in [-0.3, -0.25) is 4.79 Å². The van der Waals surface area contributed by atoms with Crippen LogP contribution < -0.4 is 14.2 Å². The molecule has 5 nitrogen and oxygen atoms in total. The van der Waals surface area contributed by atoms with Crippen molar-refractivity contribution in [3.8, 4) is 17.2 Å². The third kappa shape index (κ3) is 2.68. The monoisotopic (exact) mass is 238 g/mol. The van der Waals surface area contributed by atoms with Crippen molar-refractivity contribution >= 4 is 6.29 Å². The summed E-state index contributed by atoms with van der Waals surface area (Å²) in [5, 5.41) is 0. The summed E-state index contributed by atoms with van der Waals surface area (Å²) in [6.45, 7) is 1.15. The van der Waals surface area contributed by atoms with E-state index in [0.29, 0.717) is 36.0 Å². The van der Waals surface area contributed by atoms with Gasteiger partial charge in [-0.2, -0.15) is 0 Å². The molecule has 1 heterocycles. The van der Waals surface area contributed by atoms with Crippen LogP contribution in [0.2, 0.25) is 0 Å². The lowest BCUT2D eigenvalue weighted by molar-refractivity contribution is 0.111. The third-order valence-electron chi connectivity index (χ3n) is 2.47. The van der Waals surface area contributed by atoms with E-state index in [1.807, 2.05) is 0 Å². The minimum atomic E-state index is 0.141. The molecule has 1 unspecified atom stereocenters. The molecule has 0 spiro atoms. The normalized spacial score (nSPS) is 17.4. The van der Waals surface area contributed by atoms with Gasteiger partial charge in [0.05, 0.1) is 26.4 Å². The Morgan fingerprint density at radius 2 is 1.94 bits per heavy atom. The summed E-state index contributed by atoms with van der Waals surface area (Å²) in [4.78, 5) is 10.9. The third-order valence-corrected chi connectivity index (χ3v) is 2.47. The Morgan fingerprint density at radius 1 is 1.29 bits per heavy atom. The Morgan fingerprint density at radius 3 is 2.47 bits per heavy atom. The Kier molecular flexibility index (Phi) is 3.49. The highest BCUT2D eigenvalue weighted by Gasteiger charge is 2.24. The molecule has 5 heteroatoms. The van der Waals surface area contributed by atoms with Gasteiger partial charge in [-0.1, -0.05) is 0 Å². The molecule has 0 amide bonds. The van der Waals surface area contributed by atoms with E-state index >= 15 is 0 Å². The average molecular weight is 238 g/mol. The van der Waals surface area contributed by atoms with Crippen molar-refractivity contribution in [2.45, 2.75) is 6.10 Å². The van der Waals surface area contributed by atoms with E-state index in [-0.39, 0.29) is 6.10 Å². The number of benzene rings is 1. The summed E-state index contributed by atoms with van der Waals surface area (Å²) >= 11 is 0. The van der Waals surface area contributed by atoms with Crippen molar-refractivity contribution in [2.75, 3.05) is 27.4 Å². The standard InChI is InChI=1S/C12H14O5/c1-14-11-3-8(5-13)10(4-12(11)15-2)17-7-9-6-16-9/h3-5,9H,6-7H2,1-2H3. The average Bonchev–Trinajstić information content (AvgIpc) is 3.19. The van der Waals surface area contributed by atoms with E-state index in [0.717, 1.165) is 6.29 Å². The zero-order chi connectivity index (χ0) is 12.3. The van der Waals surface area contributed by atoms with Crippen molar-refractivity contribution in [3.05, 3.63) is 17.7 Å². The second kappa shape index (κ2) is 5.05. The van der Waals surface area contributed by atoms with Crippen molar-refractivity contribution in [3.63, 3.8) is 0 Å². The number of carbonyl (C=O) groups is 1. The first kappa shape index (κ1) is 11.7. The lowest BCUT2D eigenvalue weighted by Crippen LogP contribution is -2.06. The summed E-state index contributed by atoms with van der Waals surface area (Å²) < 4.78 is 20.8. The van der Waals surface area contributed by atoms with Crippen LogP contribution in [0.15, 0.2) is 12.1 Å². The minimum absolute atomic E-state index is 0.141. The van der Waals surface area contributed by atoms with Crippen LogP contribution in [0.3, 0.4) is 0 Å². The van der Waals surface area contributed by atoms with Crippen LogP contribution in [0.25, 0.3) is 0 Å². The molecule has 1 aromatic rings. The fourth-order valence-electron chi connectivity index (χ4n) is 1.44. The van der Waals surface area contributed by atoms with Crippen LogP contribution in [-0.4, -0.2) is 39.8 Å². The maximum Gasteiger partial charge on any atom is 0.164 e. The highest BCUT2D eigenvalue weighted by Crippen LogP contribution is 2.34. The van der Waals surface area contributed by atoms with E-state index in [2.05, 4.69) is 0 Å². The van der Waals surface area contributed by atoms with E-state index in [1.165, 1.54) is 14.2 Å². The van der Waals surface area contributed by atoms with Crippen LogP contribution in [0.5, 0.6) is 17.2 Å². The minimum Gasteiger partial charge on any atom is -0.493 e. The van der Waals surface area contributed by atoms with Gasteiger partial charge < -0.3 is 18.9 Å². The number of aldehydes is 1. The summed E-state index contributed by atoms with van der Waals surface area (Å²) in [7, 11) is 3.05. The number of rotatable bonds is 6. The lowest BCUT2D eigenvalue weighted by atomic mass is 10.2. The Labute approximate surface area is 99.2 Å². The molecule has 0 N–H and O–H groups in total. The molecule has 1 fully saturated rings. The van der Waals surface area contributed by atoms with Crippen LogP contribution >= 0.6 is 0 Å². The Bertz CT molecular complexity index is 412. The highest BCUT2D eigenvalue weighted by atomic mass is 16.6. The van der Waals surface area contributed by atoms with Crippen LogP contribution in [0.1, 0.15) is 10.4 Å². The molecule has 0 aromatic heterocycles. The number of carbonyl (C=O) groups excluding carboxylic acids is 1. The largest absolute Gasteiger partial charge is 0.493 e. The second-order valence-corrected chi connectivity index (χ2v) is 3.63. The number of hydrogen-bond acceptors (Lipinski definition) is 5. The van der Waals surface area contributed by atoms with Crippen molar-refractivity contribution in [1.29, 1.82) is 0 Å². The molecule has 0 saturated carbocycles. The number of hydrogen-bond donors (Lipinski definition) is 0.